The van der Waals surface area contributed by atoms with Gasteiger partial charge in [-0.1, -0.05) is 30.3 Å². The number of hydrogen-bond donors (Lipinski definition) is 0. The van der Waals surface area contributed by atoms with Gasteiger partial charge in [0.2, 0.25) is 0 Å². The number of ether oxygens (including phenoxy) is 2. The summed E-state index contributed by atoms with van der Waals surface area (Å²) in [6, 6.07) is 10.3. The van der Waals surface area contributed by atoms with Crippen molar-refractivity contribution in [1.82, 2.24) is 0 Å². The van der Waals surface area contributed by atoms with Gasteiger partial charge in [-0.3, -0.25) is 14.9 Å². The van der Waals surface area contributed by atoms with Crippen LogP contribution in [-0.2, 0) is 11.2 Å². The first kappa shape index (κ1) is 17.5. The molecule has 24 heavy (non-hydrogen) atoms. The Morgan fingerprint density at radius 3 is 2.54 bits per heavy atom. The fraction of sp³-hybridized carbons (Fsp3) is 0.118. The van der Waals surface area contributed by atoms with Crippen molar-refractivity contribution in [3.8, 4) is 11.5 Å². The molecule has 0 aliphatic carbocycles. The molecule has 0 heterocycles. The Morgan fingerprint density at radius 2 is 1.96 bits per heavy atom. The molecule has 0 unspecified atom stereocenters. The SMILES string of the molecule is C=CCOc1ccc(CC(=O)Oc2ccc([N+](=O)[O-])cc2)cc1Cl. The lowest BCUT2D eigenvalue weighted by Gasteiger charge is -2.08. The summed E-state index contributed by atoms with van der Waals surface area (Å²) in [4.78, 5) is 22.0. The minimum atomic E-state index is -0.524. The van der Waals surface area contributed by atoms with Crippen molar-refractivity contribution < 1.29 is 19.2 Å². The Labute approximate surface area is 143 Å². The van der Waals surface area contributed by atoms with E-state index in [-0.39, 0.29) is 17.9 Å². The second kappa shape index (κ2) is 8.12. The summed E-state index contributed by atoms with van der Waals surface area (Å²) < 4.78 is 10.5. The fourth-order valence-corrected chi connectivity index (χ4v) is 2.15. The molecule has 0 radical (unpaired) electrons. The monoisotopic (exact) mass is 347 g/mol. The van der Waals surface area contributed by atoms with Crippen LogP contribution in [0.4, 0.5) is 5.69 Å². The maximum atomic E-state index is 11.9. The van der Waals surface area contributed by atoms with E-state index in [4.69, 9.17) is 21.1 Å². The largest absolute Gasteiger partial charge is 0.488 e. The zero-order valence-corrected chi connectivity index (χ0v) is 13.4. The Balaban J connectivity index is 1.97. The summed E-state index contributed by atoms with van der Waals surface area (Å²) >= 11 is 6.08. The number of carbonyl (C=O) groups is 1. The van der Waals surface area contributed by atoms with E-state index < -0.39 is 10.9 Å². The zero-order valence-electron chi connectivity index (χ0n) is 12.6. The standard InChI is InChI=1S/C17H14ClNO5/c1-2-9-23-16-8-3-12(10-15(16)18)11-17(20)24-14-6-4-13(5-7-14)19(21)22/h2-8,10H,1,9,11H2. The van der Waals surface area contributed by atoms with E-state index in [9.17, 15) is 14.9 Å². The topological polar surface area (TPSA) is 78.7 Å². The highest BCUT2D eigenvalue weighted by molar-refractivity contribution is 6.32. The van der Waals surface area contributed by atoms with E-state index in [1.54, 1.807) is 24.3 Å². The molecule has 2 aromatic rings. The first-order valence-electron chi connectivity index (χ1n) is 6.97. The lowest BCUT2D eigenvalue weighted by molar-refractivity contribution is -0.384. The molecule has 6 nitrogen and oxygen atoms in total. The molecule has 2 rings (SSSR count). The molecule has 0 saturated carbocycles. The molecule has 0 amide bonds. The molecular weight excluding hydrogens is 334 g/mol. The number of benzene rings is 2. The van der Waals surface area contributed by atoms with Crippen molar-refractivity contribution in [3.63, 3.8) is 0 Å². The van der Waals surface area contributed by atoms with Crippen molar-refractivity contribution in [2.24, 2.45) is 0 Å². The molecule has 0 N–H and O–H groups in total. The maximum absolute atomic E-state index is 11.9. The van der Waals surface area contributed by atoms with Gasteiger partial charge in [-0.15, -0.1) is 0 Å². The number of hydrogen-bond acceptors (Lipinski definition) is 5. The highest BCUT2D eigenvalue weighted by Crippen LogP contribution is 2.26. The summed E-state index contributed by atoms with van der Waals surface area (Å²) in [5, 5.41) is 11.0. The number of non-ortho nitro benzene ring substituents is 1. The van der Waals surface area contributed by atoms with Gasteiger partial charge in [0.15, 0.2) is 0 Å². The third-order valence-corrected chi connectivity index (χ3v) is 3.28. The molecule has 0 aliphatic rings. The third-order valence-electron chi connectivity index (χ3n) is 2.98. The molecule has 0 spiro atoms. The third kappa shape index (κ3) is 4.82. The average Bonchev–Trinajstić information content (AvgIpc) is 2.54. The quantitative estimate of drug-likeness (QED) is 0.249. The van der Waals surface area contributed by atoms with Crippen LogP contribution >= 0.6 is 11.6 Å². The van der Waals surface area contributed by atoms with Crippen LogP contribution in [0.2, 0.25) is 5.02 Å². The van der Waals surface area contributed by atoms with Gasteiger partial charge in [-0.25, -0.2) is 0 Å². The smallest absolute Gasteiger partial charge is 0.315 e. The van der Waals surface area contributed by atoms with Crippen LogP contribution in [0.15, 0.2) is 55.1 Å². The highest BCUT2D eigenvalue weighted by atomic mass is 35.5. The van der Waals surface area contributed by atoms with Gasteiger partial charge >= 0.3 is 5.97 Å². The number of nitro benzene ring substituents is 1. The number of carbonyl (C=O) groups excluding carboxylic acids is 1. The predicted octanol–water partition coefficient (Wildman–Crippen LogP) is 3.96. The summed E-state index contributed by atoms with van der Waals surface area (Å²) in [6.45, 7) is 3.89. The van der Waals surface area contributed by atoms with E-state index >= 15 is 0 Å². The van der Waals surface area contributed by atoms with Crippen LogP contribution in [0.3, 0.4) is 0 Å². The first-order chi connectivity index (χ1) is 11.5. The van der Waals surface area contributed by atoms with Crippen molar-refractivity contribution in [1.29, 1.82) is 0 Å². The molecule has 0 aliphatic heterocycles. The fourth-order valence-electron chi connectivity index (χ4n) is 1.89. The summed E-state index contributed by atoms with van der Waals surface area (Å²) in [5.74, 6) is 0.242. The van der Waals surface area contributed by atoms with Crippen LogP contribution in [-0.4, -0.2) is 17.5 Å². The maximum Gasteiger partial charge on any atom is 0.315 e. The van der Waals surface area contributed by atoms with Gasteiger partial charge in [0.1, 0.15) is 18.1 Å². The Kier molecular flexibility index (Phi) is 5.92. The molecular formula is C17H14ClNO5. The van der Waals surface area contributed by atoms with Gasteiger partial charge < -0.3 is 9.47 Å². The van der Waals surface area contributed by atoms with E-state index in [1.165, 1.54) is 24.3 Å². The molecule has 124 valence electrons. The van der Waals surface area contributed by atoms with Crippen LogP contribution in [0, 0.1) is 10.1 Å². The Morgan fingerprint density at radius 1 is 1.25 bits per heavy atom. The van der Waals surface area contributed by atoms with Crippen LogP contribution in [0.5, 0.6) is 11.5 Å². The molecule has 0 bridgehead atoms. The van der Waals surface area contributed by atoms with Crippen LogP contribution in [0.25, 0.3) is 0 Å². The number of nitro groups is 1. The number of halogens is 1. The molecule has 0 saturated heterocycles. The van der Waals surface area contributed by atoms with Crippen LogP contribution < -0.4 is 9.47 Å². The lowest BCUT2D eigenvalue weighted by atomic mass is 10.1. The van der Waals surface area contributed by atoms with E-state index in [1.807, 2.05) is 0 Å². The van der Waals surface area contributed by atoms with E-state index in [2.05, 4.69) is 6.58 Å². The second-order valence-corrected chi connectivity index (χ2v) is 5.17. The van der Waals surface area contributed by atoms with Crippen LogP contribution in [0.1, 0.15) is 5.56 Å². The first-order valence-corrected chi connectivity index (χ1v) is 7.34. The van der Waals surface area contributed by atoms with Gasteiger partial charge in [0.05, 0.1) is 16.4 Å². The van der Waals surface area contributed by atoms with Crippen molar-refractivity contribution >= 4 is 23.3 Å². The molecule has 7 heteroatoms. The molecule has 2 aromatic carbocycles. The second-order valence-electron chi connectivity index (χ2n) is 4.77. The van der Waals surface area contributed by atoms with Gasteiger partial charge in [-0.2, -0.15) is 0 Å². The normalized spacial score (nSPS) is 10.0. The Bertz CT molecular complexity index is 758. The summed E-state index contributed by atoms with van der Waals surface area (Å²) in [5.41, 5.74) is 0.592. The zero-order chi connectivity index (χ0) is 17.5. The van der Waals surface area contributed by atoms with E-state index in [0.717, 1.165) is 0 Å². The molecule has 0 atom stereocenters. The van der Waals surface area contributed by atoms with Gasteiger partial charge in [-0.05, 0) is 29.8 Å². The lowest BCUT2D eigenvalue weighted by Crippen LogP contribution is -2.11. The highest BCUT2D eigenvalue weighted by Gasteiger charge is 2.11. The summed E-state index contributed by atoms with van der Waals surface area (Å²) in [6.07, 6.45) is 1.62. The average molecular weight is 348 g/mol. The minimum Gasteiger partial charge on any atom is -0.488 e. The van der Waals surface area contributed by atoms with E-state index in [0.29, 0.717) is 22.9 Å². The predicted molar refractivity (Wildman–Crippen MR) is 89.6 cm³/mol. The van der Waals surface area contributed by atoms with Gasteiger partial charge in [0, 0.05) is 12.1 Å². The molecule has 0 aromatic heterocycles. The van der Waals surface area contributed by atoms with Gasteiger partial charge in [0.25, 0.3) is 5.69 Å². The van der Waals surface area contributed by atoms with Crippen molar-refractivity contribution in [2.75, 3.05) is 6.61 Å². The number of esters is 1. The minimum absolute atomic E-state index is 0.0123. The number of rotatable bonds is 7. The van der Waals surface area contributed by atoms with Crippen molar-refractivity contribution in [2.45, 2.75) is 6.42 Å². The number of nitrogens with zero attached hydrogens (tertiary/aromatic N) is 1. The van der Waals surface area contributed by atoms with Crippen molar-refractivity contribution in [3.05, 3.63) is 75.8 Å². The summed E-state index contributed by atoms with van der Waals surface area (Å²) in [7, 11) is 0. The molecule has 0 fully saturated rings. The Hall–Kier alpha value is -2.86.